The zero-order valence-corrected chi connectivity index (χ0v) is 9.30. The monoisotopic (exact) mass is 222 g/mol. The van der Waals surface area contributed by atoms with E-state index < -0.39 is 5.97 Å². The van der Waals surface area contributed by atoms with Crippen molar-refractivity contribution in [3.63, 3.8) is 0 Å². The van der Waals surface area contributed by atoms with Gasteiger partial charge in [0.2, 0.25) is 0 Å². The predicted octanol–water partition coefficient (Wildman–Crippen LogP) is 3.28. The van der Waals surface area contributed by atoms with E-state index in [4.69, 9.17) is 5.11 Å². The molecule has 1 saturated carbocycles. The van der Waals surface area contributed by atoms with Crippen LogP contribution in [-0.4, -0.2) is 16.8 Å². The van der Waals surface area contributed by atoms with Crippen molar-refractivity contribution in [3.05, 3.63) is 29.8 Å². The van der Waals surface area contributed by atoms with E-state index >= 15 is 0 Å². The molecule has 1 fully saturated rings. The fourth-order valence-electron chi connectivity index (χ4n) is 1.44. The molecule has 2 nitrogen and oxygen atoms in total. The summed E-state index contributed by atoms with van der Waals surface area (Å²) < 4.78 is 0. The molecule has 1 aliphatic carbocycles. The lowest BCUT2D eigenvalue weighted by Crippen LogP contribution is -1.94. The molecular formula is C12H14O2S. The molecule has 0 atom stereocenters. The van der Waals surface area contributed by atoms with E-state index in [1.165, 1.54) is 24.2 Å². The van der Waals surface area contributed by atoms with Gasteiger partial charge in [-0.25, -0.2) is 4.79 Å². The number of carboxylic acids is 1. The maximum absolute atomic E-state index is 10.6. The van der Waals surface area contributed by atoms with Crippen molar-refractivity contribution in [2.24, 2.45) is 5.92 Å². The van der Waals surface area contributed by atoms with Crippen LogP contribution in [0.15, 0.2) is 29.2 Å². The van der Waals surface area contributed by atoms with Gasteiger partial charge in [0.1, 0.15) is 0 Å². The van der Waals surface area contributed by atoms with Crippen LogP contribution in [0.3, 0.4) is 0 Å². The van der Waals surface area contributed by atoms with Crippen LogP contribution in [0.2, 0.25) is 0 Å². The van der Waals surface area contributed by atoms with Gasteiger partial charge in [-0.3, -0.25) is 0 Å². The number of thioether (sulfide) groups is 1. The molecule has 0 unspecified atom stereocenters. The number of rotatable bonds is 5. The van der Waals surface area contributed by atoms with Crippen molar-refractivity contribution in [1.29, 1.82) is 0 Å². The molecular weight excluding hydrogens is 208 g/mol. The van der Waals surface area contributed by atoms with E-state index in [0.717, 1.165) is 11.7 Å². The van der Waals surface area contributed by atoms with Crippen LogP contribution in [0.25, 0.3) is 0 Å². The summed E-state index contributed by atoms with van der Waals surface area (Å²) in [6, 6.07) is 7.12. The highest BCUT2D eigenvalue weighted by Gasteiger charge is 2.20. The van der Waals surface area contributed by atoms with Crippen molar-refractivity contribution in [3.8, 4) is 0 Å². The summed E-state index contributed by atoms with van der Waals surface area (Å²) in [4.78, 5) is 11.8. The van der Waals surface area contributed by atoms with Gasteiger partial charge in [0.05, 0.1) is 5.56 Å². The second kappa shape index (κ2) is 4.71. The third-order valence-electron chi connectivity index (χ3n) is 2.59. The van der Waals surface area contributed by atoms with Crippen LogP contribution in [0.1, 0.15) is 29.6 Å². The van der Waals surface area contributed by atoms with Crippen molar-refractivity contribution < 1.29 is 9.90 Å². The van der Waals surface area contributed by atoms with Gasteiger partial charge in [-0.2, -0.15) is 0 Å². The van der Waals surface area contributed by atoms with Gasteiger partial charge in [-0.05, 0) is 42.4 Å². The lowest BCUT2D eigenvalue weighted by Gasteiger charge is -2.01. The Morgan fingerprint density at radius 1 is 1.33 bits per heavy atom. The number of carboxylic acid groups (broad SMARTS) is 1. The second-order valence-corrected chi connectivity index (χ2v) is 5.08. The molecule has 1 N–H and O–H groups in total. The molecule has 0 spiro atoms. The molecule has 1 aromatic carbocycles. The van der Waals surface area contributed by atoms with Crippen LogP contribution < -0.4 is 0 Å². The third-order valence-corrected chi connectivity index (χ3v) is 3.64. The molecule has 1 aromatic rings. The number of aromatic carboxylic acids is 1. The average Bonchev–Trinajstić information content (AvgIpc) is 3.02. The Labute approximate surface area is 93.7 Å². The van der Waals surface area contributed by atoms with Gasteiger partial charge in [-0.15, -0.1) is 11.8 Å². The van der Waals surface area contributed by atoms with Gasteiger partial charge in [0, 0.05) is 4.90 Å². The summed E-state index contributed by atoms with van der Waals surface area (Å²) in [6.45, 7) is 0. The van der Waals surface area contributed by atoms with Gasteiger partial charge in [-0.1, -0.05) is 12.8 Å². The smallest absolute Gasteiger partial charge is 0.335 e. The fourth-order valence-corrected chi connectivity index (χ4v) is 2.46. The largest absolute Gasteiger partial charge is 0.478 e. The van der Waals surface area contributed by atoms with Crippen molar-refractivity contribution in [2.45, 2.75) is 24.2 Å². The first-order valence-electron chi connectivity index (χ1n) is 5.22. The lowest BCUT2D eigenvalue weighted by atomic mass is 10.2. The Kier molecular flexibility index (Phi) is 3.31. The van der Waals surface area contributed by atoms with Crippen LogP contribution in [0.5, 0.6) is 0 Å². The zero-order chi connectivity index (χ0) is 10.7. The molecule has 0 aromatic heterocycles. The molecule has 1 aliphatic rings. The highest BCUT2D eigenvalue weighted by atomic mass is 32.2. The Morgan fingerprint density at radius 2 is 2.00 bits per heavy atom. The van der Waals surface area contributed by atoms with Crippen molar-refractivity contribution >= 4 is 17.7 Å². The zero-order valence-electron chi connectivity index (χ0n) is 8.48. The maximum atomic E-state index is 10.6. The number of hydrogen-bond donors (Lipinski definition) is 1. The molecule has 0 saturated heterocycles. The molecule has 0 aliphatic heterocycles. The standard InChI is InChI=1S/C12H14O2S/c13-12(14)10-3-5-11(6-4-10)15-8-7-9-1-2-9/h3-6,9H,1-2,7-8H2,(H,13,14). The van der Waals surface area contributed by atoms with E-state index in [-0.39, 0.29) is 0 Å². The molecule has 80 valence electrons. The maximum Gasteiger partial charge on any atom is 0.335 e. The highest BCUT2D eigenvalue weighted by Crippen LogP contribution is 2.34. The van der Waals surface area contributed by atoms with Gasteiger partial charge in [0.15, 0.2) is 0 Å². The third kappa shape index (κ3) is 3.27. The summed E-state index contributed by atoms with van der Waals surface area (Å²) >= 11 is 1.82. The number of carbonyl (C=O) groups is 1. The fraction of sp³-hybridized carbons (Fsp3) is 0.417. The van der Waals surface area contributed by atoms with Gasteiger partial charge < -0.3 is 5.11 Å². The molecule has 15 heavy (non-hydrogen) atoms. The van der Waals surface area contributed by atoms with E-state index in [9.17, 15) is 4.79 Å². The van der Waals surface area contributed by atoms with E-state index in [1.54, 1.807) is 12.1 Å². The number of benzene rings is 1. The second-order valence-electron chi connectivity index (χ2n) is 3.91. The van der Waals surface area contributed by atoms with Crippen LogP contribution in [0, 0.1) is 5.92 Å². The molecule has 0 radical (unpaired) electrons. The van der Waals surface area contributed by atoms with Crippen molar-refractivity contribution in [2.75, 3.05) is 5.75 Å². The molecule has 2 rings (SSSR count). The average molecular weight is 222 g/mol. The summed E-state index contributed by atoms with van der Waals surface area (Å²) in [5.41, 5.74) is 0.363. The Morgan fingerprint density at radius 3 is 2.53 bits per heavy atom. The first-order chi connectivity index (χ1) is 7.25. The summed E-state index contributed by atoms with van der Waals surface area (Å²) in [5.74, 6) is 1.26. The normalized spacial score (nSPS) is 15.2. The Bertz CT molecular complexity index is 341. The topological polar surface area (TPSA) is 37.3 Å². The minimum absolute atomic E-state index is 0.363. The predicted molar refractivity (Wildman–Crippen MR) is 61.5 cm³/mol. The molecule has 0 bridgehead atoms. The van der Waals surface area contributed by atoms with Gasteiger partial charge >= 0.3 is 5.97 Å². The van der Waals surface area contributed by atoms with E-state index in [2.05, 4.69) is 0 Å². The molecule has 3 heteroatoms. The van der Waals surface area contributed by atoms with Crippen molar-refractivity contribution in [1.82, 2.24) is 0 Å². The SMILES string of the molecule is O=C(O)c1ccc(SCCC2CC2)cc1. The summed E-state index contributed by atoms with van der Waals surface area (Å²) in [5, 5.41) is 8.73. The van der Waals surface area contributed by atoms with Crippen LogP contribution in [-0.2, 0) is 0 Å². The Hall–Kier alpha value is -0.960. The van der Waals surface area contributed by atoms with E-state index in [1.807, 2.05) is 23.9 Å². The lowest BCUT2D eigenvalue weighted by molar-refractivity contribution is 0.0697. The summed E-state index contributed by atoms with van der Waals surface area (Å²) in [7, 11) is 0. The van der Waals surface area contributed by atoms with E-state index in [0.29, 0.717) is 5.56 Å². The minimum Gasteiger partial charge on any atom is -0.478 e. The molecule has 0 heterocycles. The van der Waals surface area contributed by atoms with Crippen LogP contribution >= 0.6 is 11.8 Å². The minimum atomic E-state index is -0.857. The summed E-state index contributed by atoms with van der Waals surface area (Å²) in [6.07, 6.45) is 4.10. The number of hydrogen-bond acceptors (Lipinski definition) is 2. The first kappa shape index (κ1) is 10.6. The Balaban J connectivity index is 1.83. The first-order valence-corrected chi connectivity index (χ1v) is 6.20. The molecule has 0 amide bonds. The van der Waals surface area contributed by atoms with Crippen LogP contribution in [0.4, 0.5) is 0 Å². The van der Waals surface area contributed by atoms with Gasteiger partial charge in [0.25, 0.3) is 0 Å². The highest BCUT2D eigenvalue weighted by molar-refractivity contribution is 7.99. The quantitative estimate of drug-likeness (QED) is 0.777.